The average Bonchev–Trinajstić information content (AvgIpc) is 2.16. The zero-order valence-corrected chi connectivity index (χ0v) is 8.64. The van der Waals surface area contributed by atoms with Crippen molar-refractivity contribution in [3.8, 4) is 5.75 Å². The van der Waals surface area contributed by atoms with Gasteiger partial charge in [-0.05, 0) is 29.2 Å². The van der Waals surface area contributed by atoms with E-state index in [1.807, 2.05) is 13.8 Å². The van der Waals surface area contributed by atoms with Crippen molar-refractivity contribution >= 4 is 5.97 Å². The standard InChI is InChI=1S/C11H14O4/c1-6(2)8-5-7(3-4-9(8)12)10(13)11(14)15/h3-6,10,12-13H,1-2H3,(H,14,15)/t10-/m1/s1. The number of aliphatic hydroxyl groups excluding tert-OH is 1. The van der Waals surface area contributed by atoms with Crippen LogP contribution in [0.15, 0.2) is 18.2 Å². The highest BCUT2D eigenvalue weighted by atomic mass is 16.4. The molecule has 0 amide bonds. The lowest BCUT2D eigenvalue weighted by atomic mass is 9.97. The molecule has 82 valence electrons. The zero-order chi connectivity index (χ0) is 11.6. The highest BCUT2D eigenvalue weighted by Gasteiger charge is 2.17. The van der Waals surface area contributed by atoms with Crippen LogP contribution in [0.25, 0.3) is 0 Å². The number of hydrogen-bond acceptors (Lipinski definition) is 3. The second kappa shape index (κ2) is 4.31. The monoisotopic (exact) mass is 210 g/mol. The maximum atomic E-state index is 10.6. The van der Waals surface area contributed by atoms with Crippen LogP contribution in [-0.2, 0) is 4.79 Å². The van der Waals surface area contributed by atoms with E-state index in [1.54, 1.807) is 0 Å². The Hall–Kier alpha value is -1.55. The van der Waals surface area contributed by atoms with Crippen LogP contribution < -0.4 is 0 Å². The van der Waals surface area contributed by atoms with Crippen LogP contribution in [-0.4, -0.2) is 21.3 Å². The summed E-state index contributed by atoms with van der Waals surface area (Å²) in [7, 11) is 0. The van der Waals surface area contributed by atoms with Gasteiger partial charge in [0.25, 0.3) is 0 Å². The quantitative estimate of drug-likeness (QED) is 0.708. The van der Waals surface area contributed by atoms with E-state index in [-0.39, 0.29) is 17.2 Å². The molecule has 0 aliphatic carbocycles. The molecule has 1 rings (SSSR count). The van der Waals surface area contributed by atoms with E-state index in [9.17, 15) is 15.0 Å². The van der Waals surface area contributed by atoms with E-state index >= 15 is 0 Å². The number of hydrogen-bond donors (Lipinski definition) is 3. The van der Waals surface area contributed by atoms with Crippen LogP contribution in [0, 0.1) is 0 Å². The zero-order valence-electron chi connectivity index (χ0n) is 8.64. The molecule has 0 aliphatic rings. The summed E-state index contributed by atoms with van der Waals surface area (Å²) in [5.41, 5.74) is 0.914. The lowest BCUT2D eigenvalue weighted by molar-refractivity contribution is -0.146. The van der Waals surface area contributed by atoms with E-state index in [4.69, 9.17) is 5.11 Å². The fraction of sp³-hybridized carbons (Fsp3) is 0.364. The fourth-order valence-corrected chi connectivity index (χ4v) is 1.35. The van der Waals surface area contributed by atoms with Crippen LogP contribution in [0.4, 0.5) is 0 Å². The lowest BCUT2D eigenvalue weighted by Gasteiger charge is -2.12. The SMILES string of the molecule is CC(C)c1cc([C@@H](O)C(=O)O)ccc1O. The number of carbonyl (C=O) groups is 1. The number of rotatable bonds is 3. The first kappa shape index (κ1) is 11.5. The minimum absolute atomic E-state index is 0.0749. The maximum Gasteiger partial charge on any atom is 0.337 e. The minimum atomic E-state index is -1.54. The number of phenolic OH excluding ortho intramolecular Hbond substituents is 1. The highest BCUT2D eigenvalue weighted by molar-refractivity contribution is 5.74. The first-order chi connectivity index (χ1) is 6.93. The molecular weight excluding hydrogens is 196 g/mol. The highest BCUT2D eigenvalue weighted by Crippen LogP contribution is 2.28. The van der Waals surface area contributed by atoms with Gasteiger partial charge in [-0.3, -0.25) is 0 Å². The van der Waals surface area contributed by atoms with Crippen LogP contribution in [0.1, 0.15) is 37.0 Å². The topological polar surface area (TPSA) is 77.8 Å². The van der Waals surface area contributed by atoms with Gasteiger partial charge in [0.2, 0.25) is 0 Å². The van der Waals surface area contributed by atoms with Crippen molar-refractivity contribution in [3.63, 3.8) is 0 Å². The van der Waals surface area contributed by atoms with Gasteiger partial charge in [0, 0.05) is 0 Å². The summed E-state index contributed by atoms with van der Waals surface area (Å²) in [6.45, 7) is 3.76. The summed E-state index contributed by atoms with van der Waals surface area (Å²) in [5.74, 6) is -1.10. The van der Waals surface area contributed by atoms with E-state index in [0.29, 0.717) is 5.56 Å². The van der Waals surface area contributed by atoms with Gasteiger partial charge in [0.1, 0.15) is 5.75 Å². The molecule has 0 spiro atoms. The molecular formula is C11H14O4. The summed E-state index contributed by atoms with van der Waals surface area (Å²) < 4.78 is 0. The Kier molecular flexibility index (Phi) is 3.31. The number of aliphatic carboxylic acids is 1. The van der Waals surface area contributed by atoms with E-state index in [0.717, 1.165) is 0 Å². The van der Waals surface area contributed by atoms with E-state index in [2.05, 4.69) is 0 Å². The lowest BCUT2D eigenvalue weighted by Crippen LogP contribution is -2.10. The molecule has 4 heteroatoms. The second-order valence-corrected chi connectivity index (χ2v) is 3.71. The Bertz CT molecular complexity index is 371. The third-order valence-corrected chi connectivity index (χ3v) is 2.22. The Morgan fingerprint density at radius 2 is 1.93 bits per heavy atom. The molecule has 0 saturated carbocycles. The molecule has 0 aliphatic heterocycles. The van der Waals surface area contributed by atoms with E-state index < -0.39 is 12.1 Å². The van der Waals surface area contributed by atoms with Gasteiger partial charge in [-0.2, -0.15) is 0 Å². The summed E-state index contributed by atoms with van der Waals surface area (Å²) in [6, 6.07) is 4.32. The van der Waals surface area contributed by atoms with Gasteiger partial charge in [-0.1, -0.05) is 19.9 Å². The molecule has 0 unspecified atom stereocenters. The Morgan fingerprint density at radius 1 is 1.33 bits per heavy atom. The molecule has 1 aromatic rings. The third kappa shape index (κ3) is 2.47. The van der Waals surface area contributed by atoms with Crippen LogP contribution in [0.3, 0.4) is 0 Å². The van der Waals surface area contributed by atoms with Gasteiger partial charge in [0.05, 0.1) is 0 Å². The van der Waals surface area contributed by atoms with Gasteiger partial charge < -0.3 is 15.3 Å². The van der Waals surface area contributed by atoms with Crippen molar-refractivity contribution in [2.24, 2.45) is 0 Å². The van der Waals surface area contributed by atoms with Crippen molar-refractivity contribution in [1.82, 2.24) is 0 Å². The van der Waals surface area contributed by atoms with Gasteiger partial charge in [-0.25, -0.2) is 4.79 Å². The predicted molar refractivity (Wildman–Crippen MR) is 54.8 cm³/mol. The van der Waals surface area contributed by atoms with Crippen molar-refractivity contribution in [3.05, 3.63) is 29.3 Å². The molecule has 0 fully saturated rings. The molecule has 0 bridgehead atoms. The van der Waals surface area contributed by atoms with Gasteiger partial charge in [0.15, 0.2) is 6.10 Å². The van der Waals surface area contributed by atoms with Crippen molar-refractivity contribution < 1.29 is 20.1 Å². The molecule has 0 heterocycles. The number of aliphatic hydroxyl groups is 1. The fourth-order valence-electron chi connectivity index (χ4n) is 1.35. The Labute approximate surface area is 87.8 Å². The molecule has 4 nitrogen and oxygen atoms in total. The predicted octanol–water partition coefficient (Wildman–Crippen LogP) is 1.63. The summed E-state index contributed by atoms with van der Waals surface area (Å²) in [5, 5.41) is 27.4. The molecule has 0 aromatic heterocycles. The van der Waals surface area contributed by atoms with Crippen molar-refractivity contribution in [1.29, 1.82) is 0 Å². The summed E-state index contributed by atoms with van der Waals surface area (Å²) >= 11 is 0. The van der Waals surface area contributed by atoms with Crippen LogP contribution in [0.2, 0.25) is 0 Å². The summed E-state index contributed by atoms with van der Waals surface area (Å²) in [6.07, 6.45) is -1.54. The normalized spacial score (nSPS) is 12.8. The van der Waals surface area contributed by atoms with Crippen LogP contribution in [0.5, 0.6) is 5.75 Å². The maximum absolute atomic E-state index is 10.6. The number of phenols is 1. The first-order valence-electron chi connectivity index (χ1n) is 4.67. The number of benzene rings is 1. The van der Waals surface area contributed by atoms with Crippen molar-refractivity contribution in [2.75, 3.05) is 0 Å². The molecule has 15 heavy (non-hydrogen) atoms. The molecule has 3 N–H and O–H groups in total. The van der Waals surface area contributed by atoms with Gasteiger partial charge >= 0.3 is 5.97 Å². The van der Waals surface area contributed by atoms with Crippen LogP contribution >= 0.6 is 0 Å². The first-order valence-corrected chi connectivity index (χ1v) is 4.67. The molecule has 1 atom stereocenters. The number of carboxylic acids is 1. The molecule has 0 radical (unpaired) electrons. The minimum Gasteiger partial charge on any atom is -0.508 e. The Morgan fingerprint density at radius 3 is 2.40 bits per heavy atom. The van der Waals surface area contributed by atoms with Gasteiger partial charge in [-0.15, -0.1) is 0 Å². The average molecular weight is 210 g/mol. The largest absolute Gasteiger partial charge is 0.508 e. The smallest absolute Gasteiger partial charge is 0.337 e. The molecule has 0 saturated heterocycles. The number of aromatic hydroxyl groups is 1. The number of carboxylic acid groups (broad SMARTS) is 1. The third-order valence-electron chi connectivity index (χ3n) is 2.22. The van der Waals surface area contributed by atoms with E-state index in [1.165, 1.54) is 18.2 Å². The summed E-state index contributed by atoms with van der Waals surface area (Å²) in [4.78, 5) is 10.6. The second-order valence-electron chi connectivity index (χ2n) is 3.71. The van der Waals surface area contributed by atoms with Crippen molar-refractivity contribution in [2.45, 2.75) is 25.9 Å². The molecule has 1 aromatic carbocycles. The Balaban J connectivity index is 3.13.